The molecule has 2 aliphatic heterocycles. The Labute approximate surface area is 157 Å². The predicted molar refractivity (Wildman–Crippen MR) is 103 cm³/mol. The topological polar surface area (TPSA) is 81.9 Å². The van der Waals surface area contributed by atoms with Crippen LogP contribution in [-0.2, 0) is 16.9 Å². The van der Waals surface area contributed by atoms with Gasteiger partial charge in [-0.2, -0.15) is 16.9 Å². The Kier molecular flexibility index (Phi) is 4.14. The number of fused-ring (bicyclic) bond motifs is 2. The number of nitrogens with one attached hydrogen (secondary N) is 1. The van der Waals surface area contributed by atoms with Crippen LogP contribution in [-0.4, -0.2) is 44.8 Å². The highest BCUT2D eigenvalue weighted by atomic mass is 32.2. The van der Waals surface area contributed by atoms with Crippen molar-refractivity contribution in [3.05, 3.63) is 45.5 Å². The lowest BCUT2D eigenvalue weighted by Crippen LogP contribution is -2.38. The number of aromatic nitrogens is 4. The van der Waals surface area contributed by atoms with Crippen molar-refractivity contribution in [2.75, 3.05) is 24.3 Å². The van der Waals surface area contributed by atoms with Crippen molar-refractivity contribution >= 4 is 39.1 Å². The van der Waals surface area contributed by atoms with Crippen LogP contribution in [0.25, 0.3) is 10.2 Å². The molecule has 0 aromatic carbocycles. The summed E-state index contributed by atoms with van der Waals surface area (Å²) in [5.41, 5.74) is 2.97. The average molecular weight is 387 g/mol. The summed E-state index contributed by atoms with van der Waals surface area (Å²) in [4.78, 5) is 21.3. The summed E-state index contributed by atoms with van der Waals surface area (Å²) < 4.78 is 8.30. The lowest BCUT2D eigenvalue weighted by atomic mass is 10.1. The minimum absolute atomic E-state index is 0.0579. The van der Waals surface area contributed by atoms with Crippen molar-refractivity contribution in [1.29, 1.82) is 0 Å². The first-order valence-corrected chi connectivity index (χ1v) is 10.5. The Morgan fingerprint density at radius 3 is 3.23 bits per heavy atom. The van der Waals surface area contributed by atoms with E-state index in [2.05, 4.69) is 20.4 Å². The van der Waals surface area contributed by atoms with Crippen molar-refractivity contribution < 1.29 is 4.74 Å². The van der Waals surface area contributed by atoms with E-state index in [0.29, 0.717) is 13.2 Å². The van der Waals surface area contributed by atoms with Crippen molar-refractivity contribution in [1.82, 2.24) is 19.7 Å². The van der Waals surface area contributed by atoms with Crippen LogP contribution >= 0.6 is 23.1 Å². The molecule has 2 aliphatic rings. The molecular formula is C17H17N5O2S2. The highest BCUT2D eigenvalue weighted by Gasteiger charge is 2.32. The monoisotopic (exact) mass is 387 g/mol. The van der Waals surface area contributed by atoms with Gasteiger partial charge in [0.1, 0.15) is 18.2 Å². The fraction of sp³-hybridized carbons (Fsp3) is 0.412. The summed E-state index contributed by atoms with van der Waals surface area (Å²) in [5.74, 6) is 2.71. The predicted octanol–water partition coefficient (Wildman–Crippen LogP) is 2.09. The van der Waals surface area contributed by atoms with Crippen LogP contribution in [0.15, 0.2) is 28.6 Å². The maximum Gasteiger partial charge on any atom is 0.267 e. The molecule has 0 amide bonds. The van der Waals surface area contributed by atoms with Gasteiger partial charge in [-0.25, -0.2) is 14.6 Å². The van der Waals surface area contributed by atoms with E-state index in [4.69, 9.17) is 4.74 Å². The lowest BCUT2D eigenvalue weighted by molar-refractivity contribution is 0.182. The third-order valence-electron chi connectivity index (χ3n) is 4.79. The molecule has 26 heavy (non-hydrogen) atoms. The normalized spacial score (nSPS) is 22.5. The number of nitrogens with zero attached hydrogens (tertiary/aromatic N) is 4. The maximum atomic E-state index is 12.6. The Hall–Kier alpha value is -1.97. The fourth-order valence-corrected chi connectivity index (χ4v) is 5.20. The number of aryl methyl sites for hydroxylation is 1. The van der Waals surface area contributed by atoms with Crippen molar-refractivity contribution in [2.45, 2.75) is 24.3 Å². The number of anilines is 1. The second kappa shape index (κ2) is 6.64. The molecule has 0 saturated carbocycles. The second-order valence-electron chi connectivity index (χ2n) is 6.41. The van der Waals surface area contributed by atoms with Gasteiger partial charge in [-0.15, -0.1) is 11.3 Å². The van der Waals surface area contributed by atoms with Gasteiger partial charge in [0, 0.05) is 18.2 Å². The fourth-order valence-electron chi connectivity index (χ4n) is 3.46. The van der Waals surface area contributed by atoms with E-state index in [1.165, 1.54) is 0 Å². The molecule has 0 aliphatic carbocycles. The maximum absolute atomic E-state index is 12.6. The van der Waals surface area contributed by atoms with E-state index in [1.807, 2.05) is 23.2 Å². The molecule has 1 saturated heterocycles. The molecule has 3 aromatic rings. The summed E-state index contributed by atoms with van der Waals surface area (Å²) in [6.45, 7) is 0.985. The van der Waals surface area contributed by atoms with Crippen LogP contribution in [0.5, 0.6) is 0 Å². The van der Waals surface area contributed by atoms with Crippen LogP contribution in [0.2, 0.25) is 0 Å². The third kappa shape index (κ3) is 2.80. The molecule has 2 atom stereocenters. The van der Waals surface area contributed by atoms with Crippen molar-refractivity contribution in [2.24, 2.45) is 0 Å². The second-order valence-corrected chi connectivity index (χ2v) is 8.44. The summed E-state index contributed by atoms with van der Waals surface area (Å²) in [7, 11) is 0. The number of hydrogen-bond donors (Lipinski definition) is 1. The Morgan fingerprint density at radius 1 is 1.31 bits per heavy atom. The molecule has 9 heteroatoms. The van der Waals surface area contributed by atoms with Crippen LogP contribution in [0, 0.1) is 0 Å². The molecular weight excluding hydrogens is 370 g/mol. The number of ether oxygens (including phenoxy) is 1. The molecule has 0 bridgehead atoms. The Morgan fingerprint density at radius 2 is 2.27 bits per heavy atom. The van der Waals surface area contributed by atoms with Gasteiger partial charge in [0.15, 0.2) is 0 Å². The standard InChI is InChI=1S/C17H17N5O2S2/c23-15-5-10-8-25-3-1-11(10)21-22(15)14-7-24-6-13(14)20-17-16-12(2-4-26-16)18-9-19-17/h2,4-5,9,13-14H,1,3,6-8H2,(H,18,19,20). The molecule has 1 N–H and O–H groups in total. The van der Waals surface area contributed by atoms with E-state index in [1.54, 1.807) is 28.4 Å². The first-order valence-electron chi connectivity index (χ1n) is 8.51. The minimum atomic E-state index is -0.146. The summed E-state index contributed by atoms with van der Waals surface area (Å²) in [5, 5.41) is 10.1. The summed E-state index contributed by atoms with van der Waals surface area (Å²) >= 11 is 3.45. The zero-order valence-electron chi connectivity index (χ0n) is 13.9. The first-order chi connectivity index (χ1) is 12.8. The molecule has 2 unspecified atom stereocenters. The van der Waals surface area contributed by atoms with E-state index < -0.39 is 0 Å². The van der Waals surface area contributed by atoms with E-state index in [-0.39, 0.29) is 17.6 Å². The van der Waals surface area contributed by atoms with Gasteiger partial charge in [-0.3, -0.25) is 4.79 Å². The molecule has 134 valence electrons. The van der Waals surface area contributed by atoms with Gasteiger partial charge in [-0.05, 0) is 22.8 Å². The van der Waals surface area contributed by atoms with Crippen molar-refractivity contribution in [3.8, 4) is 0 Å². The van der Waals surface area contributed by atoms with Gasteiger partial charge < -0.3 is 10.1 Å². The molecule has 5 rings (SSSR count). The third-order valence-corrected chi connectivity index (χ3v) is 6.71. The zero-order valence-corrected chi connectivity index (χ0v) is 15.6. The minimum Gasteiger partial charge on any atom is -0.377 e. The van der Waals surface area contributed by atoms with Gasteiger partial charge in [0.25, 0.3) is 5.56 Å². The molecule has 3 aromatic heterocycles. The molecule has 5 heterocycles. The lowest BCUT2D eigenvalue weighted by Gasteiger charge is -2.23. The average Bonchev–Trinajstić information content (AvgIpc) is 3.31. The highest BCUT2D eigenvalue weighted by Crippen LogP contribution is 2.29. The molecule has 0 radical (unpaired) electrons. The van der Waals surface area contributed by atoms with Crippen LogP contribution < -0.4 is 10.9 Å². The van der Waals surface area contributed by atoms with Gasteiger partial charge in [-0.1, -0.05) is 0 Å². The van der Waals surface area contributed by atoms with Crippen LogP contribution in [0.1, 0.15) is 17.3 Å². The number of thiophene rings is 1. The molecule has 0 spiro atoms. The van der Waals surface area contributed by atoms with Gasteiger partial charge in [0.2, 0.25) is 0 Å². The largest absolute Gasteiger partial charge is 0.377 e. The van der Waals surface area contributed by atoms with Crippen LogP contribution in [0.3, 0.4) is 0 Å². The quantitative estimate of drug-likeness (QED) is 0.737. The van der Waals surface area contributed by atoms with Crippen LogP contribution in [0.4, 0.5) is 5.82 Å². The van der Waals surface area contributed by atoms with E-state index in [9.17, 15) is 4.79 Å². The van der Waals surface area contributed by atoms with Gasteiger partial charge in [0.05, 0.1) is 35.2 Å². The molecule has 1 fully saturated rings. The Balaban J connectivity index is 1.48. The summed E-state index contributed by atoms with van der Waals surface area (Å²) in [6.07, 6.45) is 2.47. The van der Waals surface area contributed by atoms with Crippen molar-refractivity contribution in [3.63, 3.8) is 0 Å². The van der Waals surface area contributed by atoms with Gasteiger partial charge >= 0.3 is 0 Å². The SMILES string of the molecule is O=c1cc2c(nn1C1COCC1Nc1ncnc3ccsc13)CCSC2. The number of hydrogen-bond acceptors (Lipinski definition) is 8. The van der Waals surface area contributed by atoms with E-state index >= 15 is 0 Å². The molecule has 7 nitrogen and oxygen atoms in total. The first kappa shape index (κ1) is 16.2. The zero-order chi connectivity index (χ0) is 17.5. The number of thioether (sulfide) groups is 1. The highest BCUT2D eigenvalue weighted by molar-refractivity contribution is 7.98. The van der Waals surface area contributed by atoms with E-state index in [0.717, 1.165) is 45.2 Å². The number of rotatable bonds is 3. The Bertz CT molecular complexity index is 1020. The summed E-state index contributed by atoms with van der Waals surface area (Å²) in [6, 6.07) is 3.51. The smallest absolute Gasteiger partial charge is 0.267 e.